The molecule has 0 saturated heterocycles. The monoisotopic (exact) mass is 445 g/mol. The Morgan fingerprint density at radius 3 is 2.12 bits per heavy atom. The summed E-state index contributed by atoms with van der Waals surface area (Å²) in [6.45, 7) is 3.96. The zero-order valence-electron chi connectivity index (χ0n) is 19.1. The highest BCUT2D eigenvalue weighted by atomic mass is 16.5. The van der Waals surface area contributed by atoms with Crippen LogP contribution in [0.3, 0.4) is 0 Å². The van der Waals surface area contributed by atoms with Gasteiger partial charge in [-0.3, -0.25) is 0 Å². The fourth-order valence-electron chi connectivity index (χ4n) is 3.60. The number of alkyl carbamates (subject to hydrolysis) is 1. The van der Waals surface area contributed by atoms with Gasteiger partial charge in [-0.05, 0) is 55.8 Å². The first-order valence-electron chi connectivity index (χ1n) is 10.7. The van der Waals surface area contributed by atoms with Gasteiger partial charge in [0, 0.05) is 34.6 Å². The van der Waals surface area contributed by atoms with Crippen molar-refractivity contribution in [1.29, 1.82) is 0 Å². The van der Waals surface area contributed by atoms with Crippen LogP contribution in [0.5, 0.6) is 11.5 Å². The van der Waals surface area contributed by atoms with Crippen molar-refractivity contribution in [1.82, 2.24) is 10.3 Å². The molecule has 33 heavy (non-hydrogen) atoms. The average molecular weight is 446 g/mol. The summed E-state index contributed by atoms with van der Waals surface area (Å²) < 4.78 is 16.1. The predicted molar refractivity (Wildman–Crippen MR) is 131 cm³/mol. The van der Waals surface area contributed by atoms with E-state index in [1.54, 1.807) is 14.2 Å². The van der Waals surface area contributed by atoms with E-state index in [0.29, 0.717) is 0 Å². The van der Waals surface area contributed by atoms with Crippen molar-refractivity contribution in [3.8, 4) is 11.5 Å². The van der Waals surface area contributed by atoms with Crippen LogP contribution in [-0.4, -0.2) is 31.3 Å². The third-order valence-corrected chi connectivity index (χ3v) is 5.16. The second kappa shape index (κ2) is 9.65. The van der Waals surface area contributed by atoms with Gasteiger partial charge in [-0.15, -0.1) is 0 Å². The van der Waals surface area contributed by atoms with Gasteiger partial charge in [0.15, 0.2) is 0 Å². The smallest absolute Gasteiger partial charge is 0.407 e. The molecule has 1 amide bonds. The van der Waals surface area contributed by atoms with E-state index < -0.39 is 6.09 Å². The van der Waals surface area contributed by atoms with Crippen LogP contribution in [0.4, 0.5) is 16.2 Å². The highest BCUT2D eigenvalue weighted by molar-refractivity contribution is 6.09. The minimum absolute atomic E-state index is 0.0241. The molecule has 2 N–H and O–H groups in total. The van der Waals surface area contributed by atoms with E-state index in [0.717, 1.165) is 50.2 Å². The number of hydrogen-bond donors (Lipinski definition) is 2. The molecule has 0 bridgehead atoms. The van der Waals surface area contributed by atoms with E-state index in [2.05, 4.69) is 10.6 Å². The Morgan fingerprint density at radius 2 is 1.55 bits per heavy atom. The van der Waals surface area contributed by atoms with Crippen LogP contribution in [0.25, 0.3) is 21.8 Å². The number of hydrogen-bond acceptors (Lipinski definition) is 6. The molecule has 1 aromatic heterocycles. The van der Waals surface area contributed by atoms with Crippen LogP contribution < -0.4 is 20.1 Å². The van der Waals surface area contributed by atoms with Crippen molar-refractivity contribution in [2.75, 3.05) is 19.5 Å². The largest absolute Gasteiger partial charge is 0.497 e. The molecular formula is C26H27N3O4. The Labute approximate surface area is 192 Å². The molecule has 4 rings (SSSR count). The van der Waals surface area contributed by atoms with Crippen molar-refractivity contribution in [2.45, 2.75) is 26.5 Å². The number of anilines is 2. The Kier molecular flexibility index (Phi) is 6.49. The van der Waals surface area contributed by atoms with E-state index >= 15 is 0 Å². The molecule has 0 unspecified atom stereocenters. The Morgan fingerprint density at radius 1 is 0.909 bits per heavy atom. The molecule has 7 heteroatoms. The Hall–Kier alpha value is -4.00. The molecule has 0 atom stereocenters. The summed E-state index contributed by atoms with van der Waals surface area (Å²) in [5.74, 6) is 1.48. The Bertz CT molecular complexity index is 1240. The molecule has 0 aliphatic heterocycles. The van der Waals surface area contributed by atoms with Gasteiger partial charge in [-0.1, -0.05) is 12.1 Å². The second-order valence-electron chi connectivity index (χ2n) is 7.95. The molecule has 3 aromatic carbocycles. The van der Waals surface area contributed by atoms with Gasteiger partial charge in [0.25, 0.3) is 0 Å². The minimum atomic E-state index is -0.433. The van der Waals surface area contributed by atoms with Crippen molar-refractivity contribution in [3.05, 3.63) is 66.2 Å². The number of nitrogens with one attached hydrogen (secondary N) is 2. The van der Waals surface area contributed by atoms with E-state index in [1.165, 1.54) is 0 Å². The lowest BCUT2D eigenvalue weighted by atomic mass is 10.1. The molecule has 4 aromatic rings. The number of fused-ring (bicyclic) bond motifs is 2. The molecule has 0 radical (unpaired) electrons. The molecular weight excluding hydrogens is 418 g/mol. The van der Waals surface area contributed by atoms with E-state index in [1.807, 2.05) is 74.5 Å². The summed E-state index contributed by atoms with van der Waals surface area (Å²) in [6.07, 6.45) is -0.433. The summed E-state index contributed by atoms with van der Waals surface area (Å²) in [6, 6.07) is 19.5. The van der Waals surface area contributed by atoms with Crippen LogP contribution in [0.2, 0.25) is 0 Å². The molecule has 0 aliphatic carbocycles. The first-order chi connectivity index (χ1) is 16.0. The normalized spacial score (nSPS) is 10.9. The number of benzene rings is 3. The number of ether oxygens (including phenoxy) is 3. The summed E-state index contributed by atoms with van der Waals surface area (Å²) in [7, 11) is 3.28. The van der Waals surface area contributed by atoms with Crippen molar-refractivity contribution in [3.63, 3.8) is 0 Å². The van der Waals surface area contributed by atoms with Gasteiger partial charge >= 0.3 is 6.09 Å². The predicted octanol–water partition coefficient (Wildman–Crippen LogP) is 5.78. The highest BCUT2D eigenvalue weighted by Gasteiger charge is 2.12. The zero-order valence-corrected chi connectivity index (χ0v) is 19.1. The van der Waals surface area contributed by atoms with Crippen molar-refractivity contribution < 1.29 is 19.0 Å². The Balaban J connectivity index is 1.70. The number of pyridine rings is 1. The lowest BCUT2D eigenvalue weighted by molar-refractivity contribution is 0.137. The number of aromatic nitrogens is 1. The lowest BCUT2D eigenvalue weighted by Crippen LogP contribution is -2.30. The standard InChI is InChI=1S/C26H27N3O4/c1-16(2)27-26(30)33-15-17-6-5-7-18(12-17)28-25-21-10-8-19(31-3)13-23(21)29-24-14-20(32-4)9-11-22(24)25/h5-14,16H,15H2,1-4H3,(H,27,30)(H,28,29). The van der Waals surface area contributed by atoms with E-state index in [-0.39, 0.29) is 12.6 Å². The van der Waals surface area contributed by atoms with Gasteiger partial charge in [0.2, 0.25) is 0 Å². The number of amides is 1. The van der Waals surface area contributed by atoms with E-state index in [4.69, 9.17) is 19.2 Å². The summed E-state index contributed by atoms with van der Waals surface area (Å²) in [5.41, 5.74) is 4.30. The maximum atomic E-state index is 11.8. The van der Waals surface area contributed by atoms with Gasteiger partial charge in [-0.2, -0.15) is 0 Å². The van der Waals surface area contributed by atoms with Crippen LogP contribution in [0, 0.1) is 0 Å². The van der Waals surface area contributed by atoms with Gasteiger partial charge in [0.1, 0.15) is 18.1 Å². The number of rotatable bonds is 7. The topological polar surface area (TPSA) is 81.7 Å². The molecule has 1 heterocycles. The van der Waals surface area contributed by atoms with Crippen LogP contribution in [-0.2, 0) is 11.3 Å². The van der Waals surface area contributed by atoms with Crippen LogP contribution in [0.15, 0.2) is 60.7 Å². The van der Waals surface area contributed by atoms with Gasteiger partial charge in [-0.25, -0.2) is 9.78 Å². The maximum Gasteiger partial charge on any atom is 0.407 e. The van der Waals surface area contributed by atoms with Crippen molar-refractivity contribution >= 4 is 39.3 Å². The zero-order chi connectivity index (χ0) is 23.4. The summed E-state index contributed by atoms with van der Waals surface area (Å²) >= 11 is 0. The third-order valence-electron chi connectivity index (χ3n) is 5.16. The fraction of sp³-hybridized carbons (Fsp3) is 0.231. The quantitative estimate of drug-likeness (QED) is 0.351. The molecule has 170 valence electrons. The number of nitrogens with zero attached hydrogens (tertiary/aromatic N) is 1. The minimum Gasteiger partial charge on any atom is -0.497 e. The fourth-order valence-corrected chi connectivity index (χ4v) is 3.60. The second-order valence-corrected chi connectivity index (χ2v) is 7.95. The first kappa shape index (κ1) is 22.2. The lowest BCUT2D eigenvalue weighted by Gasteiger charge is -2.15. The summed E-state index contributed by atoms with van der Waals surface area (Å²) in [4.78, 5) is 16.6. The van der Waals surface area contributed by atoms with Gasteiger partial charge in [0.05, 0.1) is 30.9 Å². The molecule has 0 saturated carbocycles. The maximum absolute atomic E-state index is 11.8. The SMILES string of the molecule is COc1ccc2c(Nc3cccc(COC(=O)NC(C)C)c3)c3ccc(OC)cc3nc2c1. The van der Waals surface area contributed by atoms with Crippen molar-refractivity contribution in [2.24, 2.45) is 0 Å². The molecule has 7 nitrogen and oxygen atoms in total. The molecule has 0 aliphatic rings. The number of carbonyl (C=O) groups excluding carboxylic acids is 1. The number of carbonyl (C=O) groups is 1. The van der Waals surface area contributed by atoms with Crippen LogP contribution in [0.1, 0.15) is 19.4 Å². The number of methoxy groups -OCH3 is 2. The molecule has 0 spiro atoms. The highest BCUT2D eigenvalue weighted by Crippen LogP contribution is 2.36. The van der Waals surface area contributed by atoms with E-state index in [9.17, 15) is 4.79 Å². The average Bonchev–Trinajstić information content (AvgIpc) is 2.81. The van der Waals surface area contributed by atoms with Crippen LogP contribution >= 0.6 is 0 Å². The third kappa shape index (κ3) is 5.09. The molecule has 0 fully saturated rings. The summed E-state index contributed by atoms with van der Waals surface area (Å²) in [5, 5.41) is 8.20. The first-order valence-corrected chi connectivity index (χ1v) is 10.7. The van der Waals surface area contributed by atoms with Gasteiger partial charge < -0.3 is 24.8 Å².